The van der Waals surface area contributed by atoms with Gasteiger partial charge in [0.05, 0.1) is 19.0 Å². The van der Waals surface area contributed by atoms with Gasteiger partial charge in [-0.25, -0.2) is 18.7 Å². The van der Waals surface area contributed by atoms with Crippen LogP contribution in [0, 0.1) is 0 Å². The third kappa shape index (κ3) is 5.64. The lowest BCUT2D eigenvalue weighted by molar-refractivity contribution is -0.0423. The number of phosphoric ester groups is 1. The Labute approximate surface area is 166 Å². The van der Waals surface area contributed by atoms with Crippen LogP contribution in [0.5, 0.6) is 0 Å². The topological polar surface area (TPSA) is 272 Å². The molecule has 2 aromatic heterocycles. The van der Waals surface area contributed by atoms with Crippen molar-refractivity contribution in [2.75, 3.05) is 12.3 Å². The number of aliphatic hydroxyl groups is 1. The van der Waals surface area contributed by atoms with Gasteiger partial charge < -0.3 is 35.2 Å². The van der Waals surface area contributed by atoms with Crippen molar-refractivity contribution in [3.63, 3.8) is 0 Å². The van der Waals surface area contributed by atoms with Crippen molar-refractivity contribution in [2.45, 2.75) is 24.9 Å². The van der Waals surface area contributed by atoms with Crippen LogP contribution in [0.3, 0.4) is 0 Å². The molecule has 0 aliphatic carbocycles. The predicted molar refractivity (Wildman–Crippen MR) is 91.9 cm³/mol. The number of aromatic nitrogens is 5. The van der Waals surface area contributed by atoms with Gasteiger partial charge in [-0.15, -0.1) is 10.2 Å². The van der Waals surface area contributed by atoms with Gasteiger partial charge in [-0.3, -0.25) is 9.09 Å². The summed E-state index contributed by atoms with van der Waals surface area (Å²) in [4.78, 5) is 39.5. The number of hydrogen-bond acceptors (Lipinski definition) is 13. The van der Waals surface area contributed by atoms with Crippen molar-refractivity contribution >= 4 is 40.4 Å². The van der Waals surface area contributed by atoms with Gasteiger partial charge in [0.15, 0.2) is 17.0 Å². The van der Waals surface area contributed by atoms with Crippen LogP contribution in [-0.4, -0.2) is 68.5 Å². The minimum atomic E-state index is -5.65. The summed E-state index contributed by atoms with van der Waals surface area (Å²) in [6.07, 6.45) is -1.99. The molecule has 30 heavy (non-hydrogen) atoms. The van der Waals surface area contributed by atoms with E-state index < -0.39 is 48.5 Å². The Morgan fingerprint density at radius 1 is 1.17 bits per heavy atom. The number of phosphoric acid groups is 3. The molecule has 0 radical (unpaired) electrons. The van der Waals surface area contributed by atoms with Gasteiger partial charge in [0.25, 0.3) is 0 Å². The first-order valence-electron chi connectivity index (χ1n) is 7.69. The van der Waals surface area contributed by atoms with Gasteiger partial charge in [0, 0.05) is 6.42 Å². The zero-order valence-corrected chi connectivity index (χ0v) is 17.2. The predicted octanol–water partition coefficient (Wildman–Crippen LogP) is -1.20. The molecule has 0 amide bonds. The second-order valence-electron chi connectivity index (χ2n) is 5.82. The third-order valence-electron chi connectivity index (χ3n) is 3.63. The van der Waals surface area contributed by atoms with Crippen LogP contribution in [-0.2, 0) is 31.6 Å². The molecule has 21 heteroatoms. The lowest BCUT2D eigenvalue weighted by Crippen LogP contribution is -2.26. The number of aliphatic hydroxyl groups excluding tert-OH is 1. The molecule has 18 nitrogen and oxygen atoms in total. The summed E-state index contributed by atoms with van der Waals surface area (Å²) >= 11 is 0. The number of ether oxygens (including phenoxy) is 1. The summed E-state index contributed by atoms with van der Waals surface area (Å²) in [6.45, 7) is -0.802. The Morgan fingerprint density at radius 2 is 1.87 bits per heavy atom. The van der Waals surface area contributed by atoms with Gasteiger partial charge in [0.1, 0.15) is 12.3 Å². The first kappa shape index (κ1) is 23.3. The van der Waals surface area contributed by atoms with E-state index in [0.29, 0.717) is 0 Å². The molecule has 0 aromatic carbocycles. The van der Waals surface area contributed by atoms with Crippen LogP contribution in [0.4, 0.5) is 5.82 Å². The van der Waals surface area contributed by atoms with Gasteiger partial charge in [0.2, 0.25) is 0 Å². The molecule has 1 aliphatic heterocycles. The van der Waals surface area contributed by atoms with Crippen molar-refractivity contribution in [3.8, 4) is 0 Å². The molecule has 1 saturated heterocycles. The molecule has 1 aliphatic rings. The van der Waals surface area contributed by atoms with Crippen LogP contribution in [0.1, 0.15) is 12.6 Å². The second-order valence-corrected chi connectivity index (χ2v) is 10.2. The largest absolute Gasteiger partial charge is 0.490 e. The summed E-state index contributed by atoms with van der Waals surface area (Å²) in [5.74, 6) is 0.0153. The Balaban J connectivity index is 1.64. The number of nitrogen functional groups attached to an aromatic ring is 1. The van der Waals surface area contributed by atoms with Gasteiger partial charge in [-0.05, 0) is 5.21 Å². The van der Waals surface area contributed by atoms with Gasteiger partial charge in [-0.1, -0.05) is 0 Å². The number of rotatable bonds is 8. The van der Waals surface area contributed by atoms with E-state index in [9.17, 15) is 23.7 Å². The molecule has 0 spiro atoms. The van der Waals surface area contributed by atoms with E-state index in [0.717, 1.165) is 0 Å². The van der Waals surface area contributed by atoms with Gasteiger partial charge >= 0.3 is 23.5 Å². The maximum Gasteiger partial charge on any atom is 0.490 e. The average molecular weight is 492 g/mol. The molecule has 2 unspecified atom stereocenters. The standard InChI is InChI=1S/C9H15N6O12P3/c10-8-7-9(13-14-12-8)15(3-11-7)6-1-4(16)5(25-6)2-24-29(20,21)27-30(22,23)26-28(17,18)19/h3-6,16H,1-2H2,(H,20,21)(H,22,23)(H2,10,12,13)(H2,17,18,19)/t4-,5+,6+/m0/s1. The molecule has 1 fully saturated rings. The van der Waals surface area contributed by atoms with E-state index in [2.05, 4.69) is 33.5 Å². The smallest absolute Gasteiger partial charge is 0.390 e. The fourth-order valence-electron chi connectivity index (χ4n) is 2.51. The van der Waals surface area contributed by atoms with E-state index in [1.807, 2.05) is 0 Å². The molecule has 3 rings (SSSR count). The zero-order valence-electron chi connectivity index (χ0n) is 14.5. The maximum absolute atomic E-state index is 11.8. The highest BCUT2D eigenvalue weighted by atomic mass is 31.3. The molecule has 7 N–H and O–H groups in total. The molecular formula is C9H15N6O12P3. The number of fused-ring (bicyclic) bond motifs is 1. The first-order chi connectivity index (χ1) is 13.8. The van der Waals surface area contributed by atoms with E-state index >= 15 is 0 Å². The summed E-state index contributed by atoms with van der Waals surface area (Å²) in [6, 6.07) is 0. The fourth-order valence-corrected chi connectivity index (χ4v) is 5.54. The lowest BCUT2D eigenvalue weighted by Gasteiger charge is -2.19. The van der Waals surface area contributed by atoms with Crippen molar-refractivity contribution < 1.29 is 56.3 Å². The number of nitrogens with zero attached hydrogens (tertiary/aromatic N) is 5. The molecule has 5 atom stereocenters. The Bertz CT molecular complexity index is 1070. The quantitative estimate of drug-likeness (QED) is 0.236. The molecule has 0 bridgehead atoms. The molecule has 168 valence electrons. The SMILES string of the molecule is Nc1nnnc2c1ncn2[C@H]1C[C@H](O)[C@@H](COP(=O)(O)OP(=O)(O)OP(=O)(O)O)O1. The van der Waals surface area contributed by atoms with E-state index in [1.54, 1.807) is 0 Å². The van der Waals surface area contributed by atoms with Crippen molar-refractivity contribution in [2.24, 2.45) is 0 Å². The number of nitrogens with two attached hydrogens (primary N) is 1. The van der Waals surface area contributed by atoms with Crippen LogP contribution < -0.4 is 5.73 Å². The van der Waals surface area contributed by atoms with Crippen LogP contribution in [0.15, 0.2) is 6.33 Å². The molecule has 0 saturated carbocycles. The zero-order chi connectivity index (χ0) is 22.3. The lowest BCUT2D eigenvalue weighted by atomic mass is 10.2. The summed E-state index contributed by atoms with van der Waals surface area (Å²) in [5.41, 5.74) is 6.07. The van der Waals surface area contributed by atoms with E-state index in [-0.39, 0.29) is 23.4 Å². The minimum Gasteiger partial charge on any atom is -0.390 e. The molecule has 2 aromatic rings. The highest BCUT2D eigenvalue weighted by Gasteiger charge is 2.43. The summed E-state index contributed by atoms with van der Waals surface area (Å²) in [5, 5.41) is 20.9. The van der Waals surface area contributed by atoms with E-state index in [1.165, 1.54) is 10.9 Å². The third-order valence-corrected chi connectivity index (χ3v) is 7.44. The Hall–Kier alpha value is -1.39. The highest BCUT2D eigenvalue weighted by Crippen LogP contribution is 2.66. The van der Waals surface area contributed by atoms with Crippen LogP contribution >= 0.6 is 23.5 Å². The van der Waals surface area contributed by atoms with Crippen molar-refractivity contribution in [1.29, 1.82) is 0 Å². The van der Waals surface area contributed by atoms with E-state index in [4.69, 9.17) is 25.2 Å². The Morgan fingerprint density at radius 3 is 2.53 bits per heavy atom. The van der Waals surface area contributed by atoms with Crippen LogP contribution in [0.2, 0.25) is 0 Å². The monoisotopic (exact) mass is 492 g/mol. The minimum absolute atomic E-state index is 0.0153. The molecule has 3 heterocycles. The molecular weight excluding hydrogens is 477 g/mol. The van der Waals surface area contributed by atoms with Crippen LogP contribution in [0.25, 0.3) is 11.2 Å². The number of anilines is 1. The van der Waals surface area contributed by atoms with Gasteiger partial charge in [-0.2, -0.15) is 8.62 Å². The highest BCUT2D eigenvalue weighted by molar-refractivity contribution is 7.66. The summed E-state index contributed by atoms with van der Waals surface area (Å²) < 4.78 is 52.2. The second kappa shape index (κ2) is 8.27. The fraction of sp³-hybridized carbons (Fsp3) is 0.556. The summed E-state index contributed by atoms with van der Waals surface area (Å²) in [7, 11) is -16.5. The number of hydrogen-bond donors (Lipinski definition) is 6. The maximum atomic E-state index is 11.8. The average Bonchev–Trinajstić information content (AvgIpc) is 3.14. The first-order valence-corrected chi connectivity index (χ1v) is 12.2. The number of imidazole rings is 1. The normalized spacial score (nSPS) is 26.5. The van der Waals surface area contributed by atoms with Crippen molar-refractivity contribution in [1.82, 2.24) is 25.0 Å². The Kier molecular flexibility index (Phi) is 6.42. The van der Waals surface area contributed by atoms with Crippen molar-refractivity contribution in [3.05, 3.63) is 6.33 Å².